The van der Waals surface area contributed by atoms with Crippen molar-refractivity contribution in [3.8, 4) is 5.75 Å². The molecule has 0 aliphatic heterocycles. The third-order valence-electron chi connectivity index (χ3n) is 3.63. The molecule has 2 atom stereocenters. The zero-order chi connectivity index (χ0) is 14.4. The van der Waals surface area contributed by atoms with Crippen molar-refractivity contribution in [3.05, 3.63) is 29.8 Å². The van der Waals surface area contributed by atoms with Crippen LogP contribution in [0, 0.1) is 0 Å². The lowest BCUT2D eigenvalue weighted by Gasteiger charge is -2.19. The summed E-state index contributed by atoms with van der Waals surface area (Å²) >= 11 is 0. The predicted molar refractivity (Wildman–Crippen MR) is 75.3 cm³/mol. The second kappa shape index (κ2) is 7.26. The Bertz CT molecular complexity index is 432. The number of ether oxygens (including phenoxy) is 2. The molecule has 0 amide bonds. The zero-order valence-electron chi connectivity index (χ0n) is 11.7. The Morgan fingerprint density at radius 2 is 2.10 bits per heavy atom. The molecule has 1 fully saturated rings. The Labute approximate surface area is 118 Å². The monoisotopic (exact) mass is 279 g/mol. The second-order valence-corrected chi connectivity index (χ2v) is 4.94. The fraction of sp³-hybridized carbons (Fsp3) is 0.533. The minimum absolute atomic E-state index is 0.268. The molecule has 0 heterocycles. The molecule has 20 heavy (non-hydrogen) atoms. The molecule has 1 aromatic carbocycles. The van der Waals surface area contributed by atoms with Gasteiger partial charge < -0.3 is 19.9 Å². The molecule has 0 radical (unpaired) electrons. The van der Waals surface area contributed by atoms with Gasteiger partial charge in [0.15, 0.2) is 0 Å². The minimum Gasteiger partial charge on any atom is -0.492 e. The molecule has 1 aliphatic carbocycles. The quantitative estimate of drug-likeness (QED) is 0.746. The maximum Gasteiger partial charge on any atom is 0.335 e. The number of aromatic carboxylic acids is 1. The molecule has 0 bridgehead atoms. The number of hydrogen-bond acceptors (Lipinski definition) is 4. The first-order valence-corrected chi connectivity index (χ1v) is 6.93. The van der Waals surface area contributed by atoms with Crippen LogP contribution in [-0.4, -0.2) is 43.5 Å². The van der Waals surface area contributed by atoms with Crippen LogP contribution in [0.15, 0.2) is 24.3 Å². The lowest BCUT2D eigenvalue weighted by molar-refractivity contribution is 0.0697. The van der Waals surface area contributed by atoms with Gasteiger partial charge in [0.05, 0.1) is 11.7 Å². The number of rotatable bonds is 7. The average Bonchev–Trinajstić information content (AvgIpc) is 2.91. The number of methoxy groups -OCH3 is 1. The topological polar surface area (TPSA) is 67.8 Å². The van der Waals surface area contributed by atoms with Gasteiger partial charge in [0.2, 0.25) is 0 Å². The first-order chi connectivity index (χ1) is 9.70. The summed E-state index contributed by atoms with van der Waals surface area (Å²) in [6.45, 7) is 1.31. The van der Waals surface area contributed by atoms with E-state index >= 15 is 0 Å². The number of hydrogen-bond donors (Lipinski definition) is 2. The largest absolute Gasteiger partial charge is 0.492 e. The summed E-state index contributed by atoms with van der Waals surface area (Å²) in [5.74, 6) is -0.239. The van der Waals surface area contributed by atoms with E-state index in [1.54, 1.807) is 31.4 Å². The maximum absolute atomic E-state index is 10.7. The third-order valence-corrected chi connectivity index (χ3v) is 3.63. The van der Waals surface area contributed by atoms with Crippen LogP contribution in [0.1, 0.15) is 29.6 Å². The molecule has 0 aromatic heterocycles. The molecule has 2 N–H and O–H groups in total. The zero-order valence-corrected chi connectivity index (χ0v) is 11.7. The lowest BCUT2D eigenvalue weighted by Crippen LogP contribution is -2.38. The van der Waals surface area contributed by atoms with E-state index in [4.69, 9.17) is 14.6 Å². The summed E-state index contributed by atoms with van der Waals surface area (Å²) in [6, 6.07) is 6.86. The predicted octanol–water partition coefficient (Wildman–Crippen LogP) is 1.92. The van der Waals surface area contributed by atoms with Gasteiger partial charge in [0.25, 0.3) is 0 Å². The Morgan fingerprint density at radius 1 is 1.35 bits per heavy atom. The molecular formula is C15H21NO4. The summed E-state index contributed by atoms with van der Waals surface area (Å²) in [7, 11) is 1.76. The number of carboxylic acids is 1. The summed E-state index contributed by atoms with van der Waals surface area (Å²) < 4.78 is 11.0. The second-order valence-electron chi connectivity index (χ2n) is 4.94. The normalized spacial score (nSPS) is 21.9. The molecule has 2 unspecified atom stereocenters. The molecule has 1 saturated carbocycles. The molecule has 0 spiro atoms. The Balaban J connectivity index is 1.69. The van der Waals surface area contributed by atoms with E-state index < -0.39 is 5.97 Å². The highest BCUT2D eigenvalue weighted by atomic mass is 16.5. The van der Waals surface area contributed by atoms with Crippen molar-refractivity contribution in [1.82, 2.24) is 5.32 Å². The van der Waals surface area contributed by atoms with E-state index in [1.807, 2.05) is 0 Å². The van der Waals surface area contributed by atoms with E-state index in [1.165, 1.54) is 6.42 Å². The van der Waals surface area contributed by atoms with E-state index in [-0.39, 0.29) is 5.56 Å². The van der Waals surface area contributed by atoms with Gasteiger partial charge >= 0.3 is 5.97 Å². The van der Waals surface area contributed by atoms with Crippen molar-refractivity contribution in [2.24, 2.45) is 0 Å². The lowest BCUT2D eigenvalue weighted by atomic mass is 10.2. The van der Waals surface area contributed by atoms with Gasteiger partial charge in [0, 0.05) is 19.7 Å². The van der Waals surface area contributed by atoms with Crippen LogP contribution in [0.2, 0.25) is 0 Å². The highest BCUT2D eigenvalue weighted by molar-refractivity contribution is 5.87. The first kappa shape index (κ1) is 14.8. The van der Waals surface area contributed by atoms with Crippen LogP contribution < -0.4 is 10.1 Å². The molecular weight excluding hydrogens is 258 g/mol. The SMILES string of the molecule is COC1CCCC1NCCOc1ccc(C(=O)O)cc1. The Hall–Kier alpha value is -1.59. The van der Waals surface area contributed by atoms with E-state index in [0.29, 0.717) is 24.5 Å². The van der Waals surface area contributed by atoms with Gasteiger partial charge in [-0.25, -0.2) is 4.79 Å². The van der Waals surface area contributed by atoms with Gasteiger partial charge in [-0.3, -0.25) is 0 Å². The van der Waals surface area contributed by atoms with Gasteiger partial charge in [-0.2, -0.15) is 0 Å². The average molecular weight is 279 g/mol. The van der Waals surface area contributed by atoms with Gasteiger partial charge in [-0.1, -0.05) is 0 Å². The summed E-state index contributed by atoms with van der Waals surface area (Å²) in [5, 5.41) is 12.2. The first-order valence-electron chi connectivity index (χ1n) is 6.93. The fourth-order valence-corrected chi connectivity index (χ4v) is 2.55. The molecule has 1 aromatic rings. The molecule has 5 heteroatoms. The summed E-state index contributed by atoms with van der Waals surface area (Å²) in [6.07, 6.45) is 3.77. The van der Waals surface area contributed by atoms with Crippen LogP contribution in [0.25, 0.3) is 0 Å². The van der Waals surface area contributed by atoms with E-state index in [9.17, 15) is 4.79 Å². The number of carboxylic acid groups (broad SMARTS) is 1. The molecule has 2 rings (SSSR count). The van der Waals surface area contributed by atoms with Crippen LogP contribution in [0.5, 0.6) is 5.75 Å². The molecule has 0 saturated heterocycles. The summed E-state index contributed by atoms with van der Waals surface area (Å²) in [5.41, 5.74) is 0.268. The van der Waals surface area contributed by atoms with Crippen LogP contribution in [0.4, 0.5) is 0 Å². The highest BCUT2D eigenvalue weighted by Gasteiger charge is 2.26. The fourth-order valence-electron chi connectivity index (χ4n) is 2.55. The van der Waals surface area contributed by atoms with Gasteiger partial charge in [-0.15, -0.1) is 0 Å². The van der Waals surface area contributed by atoms with Crippen LogP contribution in [-0.2, 0) is 4.74 Å². The Kier molecular flexibility index (Phi) is 5.38. The number of benzene rings is 1. The van der Waals surface area contributed by atoms with Crippen molar-refractivity contribution in [2.45, 2.75) is 31.4 Å². The van der Waals surface area contributed by atoms with Gasteiger partial charge in [0.1, 0.15) is 12.4 Å². The smallest absolute Gasteiger partial charge is 0.335 e. The van der Waals surface area contributed by atoms with Crippen LogP contribution >= 0.6 is 0 Å². The van der Waals surface area contributed by atoms with Gasteiger partial charge in [-0.05, 0) is 43.5 Å². The van der Waals surface area contributed by atoms with E-state index in [0.717, 1.165) is 19.4 Å². The number of carbonyl (C=O) groups is 1. The molecule has 5 nitrogen and oxygen atoms in total. The number of nitrogens with one attached hydrogen (secondary N) is 1. The standard InChI is InChI=1S/C15H21NO4/c1-19-14-4-2-3-13(14)16-9-10-20-12-7-5-11(6-8-12)15(17)18/h5-8,13-14,16H,2-4,9-10H2,1H3,(H,17,18). The van der Waals surface area contributed by atoms with Crippen molar-refractivity contribution in [2.75, 3.05) is 20.3 Å². The van der Waals surface area contributed by atoms with Crippen molar-refractivity contribution in [3.63, 3.8) is 0 Å². The summed E-state index contributed by atoms with van der Waals surface area (Å²) in [4.78, 5) is 10.7. The van der Waals surface area contributed by atoms with E-state index in [2.05, 4.69) is 5.32 Å². The minimum atomic E-state index is -0.926. The maximum atomic E-state index is 10.7. The highest BCUT2D eigenvalue weighted by Crippen LogP contribution is 2.21. The van der Waals surface area contributed by atoms with Crippen molar-refractivity contribution in [1.29, 1.82) is 0 Å². The Morgan fingerprint density at radius 3 is 2.75 bits per heavy atom. The van der Waals surface area contributed by atoms with Crippen molar-refractivity contribution < 1.29 is 19.4 Å². The third kappa shape index (κ3) is 3.95. The molecule has 110 valence electrons. The molecule has 1 aliphatic rings. The van der Waals surface area contributed by atoms with Crippen molar-refractivity contribution >= 4 is 5.97 Å². The van der Waals surface area contributed by atoms with Crippen LogP contribution in [0.3, 0.4) is 0 Å².